The Hall–Kier alpha value is -1.26. The van der Waals surface area contributed by atoms with Crippen molar-refractivity contribution >= 4 is 11.9 Å². The summed E-state index contributed by atoms with van der Waals surface area (Å²) in [6, 6.07) is 0. The highest BCUT2D eigenvalue weighted by molar-refractivity contribution is 5.94. The average Bonchev–Trinajstić information content (AvgIpc) is 1.95. The van der Waals surface area contributed by atoms with E-state index in [0.717, 1.165) is 6.42 Å². The molecule has 0 aliphatic rings. The number of amides is 1. The minimum atomic E-state index is -0.259. The van der Waals surface area contributed by atoms with Crippen molar-refractivity contribution in [3.63, 3.8) is 0 Å². The van der Waals surface area contributed by atoms with E-state index in [1.807, 2.05) is 0 Å². The van der Waals surface area contributed by atoms with Gasteiger partial charge in [-0.15, -0.1) is 0 Å². The SMILES string of the molecule is CC(=O)N/C(N)=N\OCCC(C)(C)C. The fourth-order valence-corrected chi connectivity index (χ4v) is 0.670. The van der Waals surface area contributed by atoms with E-state index in [1.165, 1.54) is 6.92 Å². The molecule has 0 saturated heterocycles. The second-order valence-electron chi connectivity index (χ2n) is 4.30. The fourth-order valence-electron chi connectivity index (χ4n) is 0.670. The molecule has 82 valence electrons. The van der Waals surface area contributed by atoms with Crippen molar-refractivity contribution in [3.8, 4) is 0 Å². The van der Waals surface area contributed by atoms with Crippen molar-refractivity contribution in [2.45, 2.75) is 34.1 Å². The van der Waals surface area contributed by atoms with Gasteiger partial charge in [0.1, 0.15) is 6.61 Å². The van der Waals surface area contributed by atoms with Crippen molar-refractivity contribution in [1.82, 2.24) is 5.32 Å². The normalized spacial score (nSPS) is 12.4. The molecule has 0 heterocycles. The molecule has 5 nitrogen and oxygen atoms in total. The zero-order valence-electron chi connectivity index (χ0n) is 9.26. The predicted octanol–water partition coefficient (Wildman–Crippen LogP) is 0.805. The van der Waals surface area contributed by atoms with Crippen LogP contribution in [0.1, 0.15) is 34.1 Å². The zero-order valence-corrected chi connectivity index (χ0v) is 9.26. The number of rotatable bonds is 3. The zero-order chi connectivity index (χ0) is 11.2. The first kappa shape index (κ1) is 12.7. The molecule has 0 unspecified atom stereocenters. The summed E-state index contributed by atoms with van der Waals surface area (Å²) in [5, 5.41) is 5.83. The molecular formula is C9H19N3O2. The molecule has 0 aromatic heterocycles. The molecule has 3 N–H and O–H groups in total. The highest BCUT2D eigenvalue weighted by Crippen LogP contribution is 2.17. The molecule has 1 amide bonds. The molecule has 14 heavy (non-hydrogen) atoms. The van der Waals surface area contributed by atoms with Gasteiger partial charge in [-0.1, -0.05) is 20.8 Å². The molecule has 0 aliphatic carbocycles. The summed E-state index contributed by atoms with van der Waals surface area (Å²) in [5.41, 5.74) is 5.52. The topological polar surface area (TPSA) is 76.7 Å². The van der Waals surface area contributed by atoms with Gasteiger partial charge >= 0.3 is 0 Å². The number of oxime groups is 1. The molecule has 0 rings (SSSR count). The van der Waals surface area contributed by atoms with Gasteiger partial charge < -0.3 is 10.6 Å². The number of nitrogens with zero attached hydrogens (tertiary/aromatic N) is 1. The van der Waals surface area contributed by atoms with Crippen molar-refractivity contribution in [1.29, 1.82) is 0 Å². The largest absolute Gasteiger partial charge is 0.393 e. The summed E-state index contributed by atoms with van der Waals surface area (Å²) in [7, 11) is 0. The molecule has 5 heteroatoms. The Kier molecular flexibility index (Phi) is 4.97. The van der Waals surface area contributed by atoms with Gasteiger partial charge in [0, 0.05) is 6.92 Å². The number of hydrogen-bond acceptors (Lipinski definition) is 3. The van der Waals surface area contributed by atoms with E-state index in [1.54, 1.807) is 0 Å². The Morgan fingerprint density at radius 2 is 2.07 bits per heavy atom. The van der Waals surface area contributed by atoms with Crippen LogP contribution in [-0.2, 0) is 9.63 Å². The molecule has 0 bridgehead atoms. The fraction of sp³-hybridized carbons (Fsp3) is 0.778. The average molecular weight is 201 g/mol. The van der Waals surface area contributed by atoms with Crippen LogP contribution in [0.2, 0.25) is 0 Å². The van der Waals surface area contributed by atoms with Gasteiger partial charge in [-0.2, -0.15) is 0 Å². The Morgan fingerprint density at radius 3 is 2.50 bits per heavy atom. The maximum atomic E-state index is 10.5. The highest BCUT2D eigenvalue weighted by atomic mass is 16.6. The summed E-state index contributed by atoms with van der Waals surface area (Å²) in [4.78, 5) is 15.4. The van der Waals surface area contributed by atoms with Gasteiger partial charge in [-0.25, -0.2) is 0 Å². The summed E-state index contributed by atoms with van der Waals surface area (Å²) in [6.45, 7) is 8.17. The standard InChI is InChI=1S/C9H19N3O2/c1-7(13)11-8(10)12-14-6-5-9(2,3)4/h5-6H2,1-4H3,(H3,10,11,12,13). The monoisotopic (exact) mass is 201 g/mol. The quantitative estimate of drug-likeness (QED) is 0.307. The summed E-state index contributed by atoms with van der Waals surface area (Å²) in [5.74, 6) is -0.267. The third kappa shape index (κ3) is 8.83. The lowest BCUT2D eigenvalue weighted by atomic mass is 9.93. The van der Waals surface area contributed by atoms with Crippen molar-refractivity contribution in [3.05, 3.63) is 0 Å². The Labute approximate surface area is 84.7 Å². The molecule has 0 spiro atoms. The van der Waals surface area contributed by atoms with Crippen LogP contribution in [0, 0.1) is 5.41 Å². The van der Waals surface area contributed by atoms with Crippen molar-refractivity contribution in [2.24, 2.45) is 16.3 Å². The van der Waals surface area contributed by atoms with Crippen LogP contribution in [0.15, 0.2) is 5.16 Å². The van der Waals surface area contributed by atoms with Gasteiger partial charge in [0.2, 0.25) is 11.9 Å². The van der Waals surface area contributed by atoms with Gasteiger partial charge in [-0.3, -0.25) is 10.1 Å². The highest BCUT2D eigenvalue weighted by Gasteiger charge is 2.09. The van der Waals surface area contributed by atoms with Crippen LogP contribution in [-0.4, -0.2) is 18.5 Å². The minimum absolute atomic E-state index is 0.00795. The Bertz CT molecular complexity index is 219. The smallest absolute Gasteiger partial charge is 0.237 e. The molecule has 0 atom stereocenters. The van der Waals surface area contributed by atoms with E-state index in [0.29, 0.717) is 6.61 Å². The third-order valence-corrected chi connectivity index (χ3v) is 1.41. The first-order chi connectivity index (χ1) is 6.31. The Morgan fingerprint density at radius 1 is 1.50 bits per heavy atom. The van der Waals surface area contributed by atoms with E-state index < -0.39 is 0 Å². The van der Waals surface area contributed by atoms with Crippen molar-refractivity contribution < 1.29 is 9.63 Å². The van der Waals surface area contributed by atoms with Crippen LogP contribution in [0.25, 0.3) is 0 Å². The van der Waals surface area contributed by atoms with E-state index in [2.05, 4.69) is 31.2 Å². The number of nitrogens with one attached hydrogen (secondary N) is 1. The first-order valence-corrected chi connectivity index (χ1v) is 4.54. The lowest BCUT2D eigenvalue weighted by Gasteiger charge is -2.16. The summed E-state index contributed by atoms with van der Waals surface area (Å²) in [6.07, 6.45) is 0.879. The maximum Gasteiger partial charge on any atom is 0.237 e. The lowest BCUT2D eigenvalue weighted by molar-refractivity contribution is -0.117. The number of carbonyl (C=O) groups is 1. The molecule has 0 saturated carbocycles. The Balaban J connectivity index is 3.66. The summed E-state index contributed by atoms with van der Waals surface area (Å²) < 4.78 is 0. The third-order valence-electron chi connectivity index (χ3n) is 1.41. The maximum absolute atomic E-state index is 10.5. The van der Waals surface area contributed by atoms with Crippen LogP contribution in [0.3, 0.4) is 0 Å². The number of guanidine groups is 1. The van der Waals surface area contributed by atoms with Gasteiger partial charge in [0.05, 0.1) is 0 Å². The van der Waals surface area contributed by atoms with Crippen LogP contribution in [0.5, 0.6) is 0 Å². The van der Waals surface area contributed by atoms with E-state index >= 15 is 0 Å². The molecule has 0 radical (unpaired) electrons. The molecule has 0 aromatic carbocycles. The van der Waals surface area contributed by atoms with Gasteiger partial charge in [0.15, 0.2) is 0 Å². The van der Waals surface area contributed by atoms with E-state index in [4.69, 9.17) is 10.6 Å². The molecular weight excluding hydrogens is 182 g/mol. The molecule has 0 aromatic rings. The summed E-state index contributed by atoms with van der Waals surface area (Å²) >= 11 is 0. The predicted molar refractivity (Wildman–Crippen MR) is 55.5 cm³/mol. The van der Waals surface area contributed by atoms with Crippen LogP contribution >= 0.6 is 0 Å². The minimum Gasteiger partial charge on any atom is -0.393 e. The number of hydrogen-bond donors (Lipinski definition) is 2. The first-order valence-electron chi connectivity index (χ1n) is 4.54. The number of carbonyl (C=O) groups excluding carboxylic acids is 1. The second kappa shape index (κ2) is 5.47. The molecule has 0 fully saturated rings. The van der Waals surface area contributed by atoms with Crippen LogP contribution in [0.4, 0.5) is 0 Å². The van der Waals surface area contributed by atoms with E-state index in [9.17, 15) is 4.79 Å². The van der Waals surface area contributed by atoms with Gasteiger partial charge in [0.25, 0.3) is 0 Å². The van der Waals surface area contributed by atoms with E-state index in [-0.39, 0.29) is 17.3 Å². The number of nitrogens with two attached hydrogens (primary N) is 1. The molecule has 0 aliphatic heterocycles. The second-order valence-corrected chi connectivity index (χ2v) is 4.30. The van der Waals surface area contributed by atoms with Crippen molar-refractivity contribution in [2.75, 3.05) is 6.61 Å². The van der Waals surface area contributed by atoms with Crippen LogP contribution < -0.4 is 11.1 Å². The lowest BCUT2D eigenvalue weighted by Crippen LogP contribution is -2.35. The van der Waals surface area contributed by atoms with Gasteiger partial charge in [-0.05, 0) is 17.0 Å².